The van der Waals surface area contributed by atoms with E-state index in [1.54, 1.807) is 11.8 Å². The van der Waals surface area contributed by atoms with Crippen molar-refractivity contribution in [3.05, 3.63) is 35.9 Å². The standard InChI is InChI=1S/C20H30N2OS/c1-24-16-20(23)22-14-10-19(15-22)18-8-12-21(13-9-18)11-7-17-5-3-2-4-6-17/h2-6,18-19H,7-16H2,1H3/t19-/m1/s1. The number of carbonyl (C=O) groups excluding carboxylic acids is 1. The maximum absolute atomic E-state index is 12.0. The van der Waals surface area contributed by atoms with Crippen molar-refractivity contribution in [2.75, 3.05) is 44.7 Å². The van der Waals surface area contributed by atoms with Gasteiger partial charge in [-0.25, -0.2) is 0 Å². The zero-order chi connectivity index (χ0) is 16.8. The highest BCUT2D eigenvalue weighted by Gasteiger charge is 2.33. The van der Waals surface area contributed by atoms with Gasteiger partial charge in [-0.3, -0.25) is 4.79 Å². The van der Waals surface area contributed by atoms with Crippen molar-refractivity contribution in [3.8, 4) is 0 Å². The molecule has 3 rings (SSSR count). The number of nitrogens with zero attached hydrogens (tertiary/aromatic N) is 2. The van der Waals surface area contributed by atoms with Crippen molar-refractivity contribution in [2.45, 2.75) is 25.7 Å². The van der Waals surface area contributed by atoms with Crippen LogP contribution in [0.2, 0.25) is 0 Å². The SMILES string of the molecule is CSCC(=O)N1CC[C@@H](C2CCN(CCc3ccccc3)CC2)C1. The van der Waals surface area contributed by atoms with Gasteiger partial charge in [-0.2, -0.15) is 11.8 Å². The lowest BCUT2D eigenvalue weighted by atomic mass is 9.83. The van der Waals surface area contributed by atoms with E-state index < -0.39 is 0 Å². The molecule has 3 nitrogen and oxygen atoms in total. The van der Waals surface area contributed by atoms with E-state index in [0.717, 1.165) is 31.3 Å². The third kappa shape index (κ3) is 4.76. The van der Waals surface area contributed by atoms with Gasteiger partial charge in [0.2, 0.25) is 5.91 Å². The van der Waals surface area contributed by atoms with Gasteiger partial charge in [-0.05, 0) is 62.4 Å². The Morgan fingerprint density at radius 1 is 1.08 bits per heavy atom. The maximum atomic E-state index is 12.0. The van der Waals surface area contributed by atoms with Gasteiger partial charge in [0.05, 0.1) is 5.75 Å². The summed E-state index contributed by atoms with van der Waals surface area (Å²) < 4.78 is 0. The average Bonchev–Trinajstić information content (AvgIpc) is 3.12. The van der Waals surface area contributed by atoms with Crippen LogP contribution in [0.3, 0.4) is 0 Å². The molecule has 1 aromatic carbocycles. The first kappa shape index (κ1) is 17.8. The Bertz CT molecular complexity index is 514. The lowest BCUT2D eigenvalue weighted by molar-refractivity contribution is -0.127. The van der Waals surface area contributed by atoms with Gasteiger partial charge in [0.1, 0.15) is 0 Å². The number of amides is 1. The van der Waals surface area contributed by atoms with Crippen LogP contribution < -0.4 is 0 Å². The first-order valence-corrected chi connectivity index (χ1v) is 10.7. The number of rotatable bonds is 6. The van der Waals surface area contributed by atoms with Gasteiger partial charge < -0.3 is 9.80 Å². The van der Waals surface area contributed by atoms with Crippen molar-refractivity contribution < 1.29 is 4.79 Å². The number of benzene rings is 1. The van der Waals surface area contributed by atoms with E-state index in [2.05, 4.69) is 40.1 Å². The molecule has 0 unspecified atom stereocenters. The van der Waals surface area contributed by atoms with Gasteiger partial charge in [0.25, 0.3) is 0 Å². The lowest BCUT2D eigenvalue weighted by Gasteiger charge is -2.34. The summed E-state index contributed by atoms with van der Waals surface area (Å²) in [5.74, 6) is 2.55. The molecule has 1 amide bonds. The van der Waals surface area contributed by atoms with Crippen LogP contribution >= 0.6 is 11.8 Å². The number of piperidine rings is 1. The summed E-state index contributed by atoms with van der Waals surface area (Å²) in [5.41, 5.74) is 1.44. The van der Waals surface area contributed by atoms with Crippen molar-refractivity contribution in [1.29, 1.82) is 0 Å². The Morgan fingerprint density at radius 2 is 1.79 bits per heavy atom. The molecule has 4 heteroatoms. The van der Waals surface area contributed by atoms with Gasteiger partial charge in [0.15, 0.2) is 0 Å². The molecule has 2 aliphatic rings. The Kier molecular flexibility index (Phi) is 6.61. The molecule has 0 radical (unpaired) electrons. The van der Waals surface area contributed by atoms with Crippen LogP contribution in [0.25, 0.3) is 0 Å². The zero-order valence-electron chi connectivity index (χ0n) is 14.8. The fourth-order valence-electron chi connectivity index (χ4n) is 4.19. The summed E-state index contributed by atoms with van der Waals surface area (Å²) in [4.78, 5) is 16.8. The molecule has 0 aromatic heterocycles. The van der Waals surface area contributed by atoms with Crippen LogP contribution in [0.15, 0.2) is 30.3 Å². The third-order valence-corrected chi connectivity index (χ3v) is 6.24. The van der Waals surface area contributed by atoms with Gasteiger partial charge in [-0.15, -0.1) is 0 Å². The topological polar surface area (TPSA) is 23.6 Å². The maximum Gasteiger partial charge on any atom is 0.232 e. The highest BCUT2D eigenvalue weighted by molar-refractivity contribution is 7.99. The normalized spacial score (nSPS) is 22.9. The van der Waals surface area contributed by atoms with Crippen LogP contribution in [0.5, 0.6) is 0 Å². The van der Waals surface area contributed by atoms with E-state index in [4.69, 9.17) is 0 Å². The summed E-state index contributed by atoms with van der Waals surface area (Å²) in [6.45, 7) is 5.63. The highest BCUT2D eigenvalue weighted by atomic mass is 32.2. The fraction of sp³-hybridized carbons (Fsp3) is 0.650. The van der Waals surface area contributed by atoms with E-state index in [1.165, 1.54) is 44.5 Å². The predicted octanol–water partition coefficient (Wildman–Crippen LogP) is 3.15. The molecule has 1 aromatic rings. The van der Waals surface area contributed by atoms with E-state index >= 15 is 0 Å². The monoisotopic (exact) mass is 346 g/mol. The first-order chi connectivity index (χ1) is 11.8. The molecule has 2 aliphatic heterocycles. The second-order valence-corrected chi connectivity index (χ2v) is 8.10. The van der Waals surface area contributed by atoms with Crippen LogP contribution in [0, 0.1) is 11.8 Å². The number of carbonyl (C=O) groups is 1. The zero-order valence-corrected chi connectivity index (χ0v) is 15.6. The summed E-state index contributed by atoms with van der Waals surface area (Å²) in [7, 11) is 0. The average molecular weight is 347 g/mol. The van der Waals surface area contributed by atoms with Gasteiger partial charge in [0, 0.05) is 19.6 Å². The molecule has 0 N–H and O–H groups in total. The van der Waals surface area contributed by atoms with Crippen LogP contribution in [0.4, 0.5) is 0 Å². The number of likely N-dealkylation sites (tertiary alicyclic amines) is 2. The summed E-state index contributed by atoms with van der Waals surface area (Å²) in [6.07, 6.45) is 7.01. The minimum Gasteiger partial charge on any atom is -0.342 e. The predicted molar refractivity (Wildman–Crippen MR) is 102 cm³/mol. The van der Waals surface area contributed by atoms with E-state index in [0.29, 0.717) is 11.7 Å². The Labute approximate surface area is 150 Å². The second-order valence-electron chi connectivity index (χ2n) is 7.24. The third-order valence-electron chi connectivity index (χ3n) is 5.70. The smallest absolute Gasteiger partial charge is 0.232 e. The minimum absolute atomic E-state index is 0.338. The van der Waals surface area contributed by atoms with E-state index in [-0.39, 0.29) is 0 Å². The second kappa shape index (κ2) is 8.91. The van der Waals surface area contributed by atoms with Crippen LogP contribution in [0.1, 0.15) is 24.8 Å². The molecule has 24 heavy (non-hydrogen) atoms. The van der Waals surface area contributed by atoms with Crippen molar-refractivity contribution in [2.24, 2.45) is 11.8 Å². The van der Waals surface area contributed by atoms with Crippen molar-refractivity contribution in [1.82, 2.24) is 9.80 Å². The lowest BCUT2D eigenvalue weighted by Crippen LogP contribution is -2.38. The van der Waals surface area contributed by atoms with Gasteiger partial charge >= 0.3 is 0 Å². The number of hydrogen-bond acceptors (Lipinski definition) is 3. The molecular formula is C20H30N2OS. The molecule has 2 saturated heterocycles. The molecule has 2 fully saturated rings. The van der Waals surface area contributed by atoms with Crippen molar-refractivity contribution >= 4 is 17.7 Å². The molecule has 0 saturated carbocycles. The van der Waals surface area contributed by atoms with Gasteiger partial charge in [-0.1, -0.05) is 30.3 Å². The largest absolute Gasteiger partial charge is 0.342 e. The van der Waals surface area contributed by atoms with Crippen molar-refractivity contribution in [3.63, 3.8) is 0 Å². The highest BCUT2D eigenvalue weighted by Crippen LogP contribution is 2.32. The molecule has 0 aliphatic carbocycles. The van der Waals surface area contributed by atoms with E-state index in [9.17, 15) is 4.79 Å². The van der Waals surface area contributed by atoms with E-state index in [1.807, 2.05) is 6.26 Å². The van der Waals surface area contributed by atoms with Crippen LogP contribution in [-0.2, 0) is 11.2 Å². The Balaban J connectivity index is 1.39. The number of thioether (sulfide) groups is 1. The summed E-state index contributed by atoms with van der Waals surface area (Å²) >= 11 is 1.64. The molecule has 132 valence electrons. The molecule has 1 atom stereocenters. The fourth-order valence-corrected chi connectivity index (χ4v) is 4.62. The molecule has 0 spiro atoms. The Hall–Kier alpha value is -1.00. The first-order valence-electron chi connectivity index (χ1n) is 9.29. The Morgan fingerprint density at radius 3 is 2.50 bits per heavy atom. The molecule has 0 bridgehead atoms. The quantitative estimate of drug-likeness (QED) is 0.790. The molecular weight excluding hydrogens is 316 g/mol. The summed E-state index contributed by atoms with van der Waals surface area (Å²) in [6, 6.07) is 10.8. The van der Waals surface area contributed by atoms with Crippen LogP contribution in [-0.4, -0.2) is 60.4 Å². The molecule has 2 heterocycles. The minimum atomic E-state index is 0.338. The number of hydrogen-bond donors (Lipinski definition) is 0. The summed E-state index contributed by atoms with van der Waals surface area (Å²) in [5, 5.41) is 0.